The third kappa shape index (κ3) is 3.21. The van der Waals surface area contributed by atoms with Gasteiger partial charge in [-0.25, -0.2) is 4.57 Å². The van der Waals surface area contributed by atoms with E-state index in [1.807, 2.05) is 0 Å². The Labute approximate surface area is 89.5 Å². The predicted molar refractivity (Wildman–Crippen MR) is 54.6 cm³/mol. The first kappa shape index (κ1) is 12.5. The molecule has 1 aliphatic rings. The lowest BCUT2D eigenvalue weighted by Crippen LogP contribution is -2.27. The average molecular weight is 243 g/mol. The third-order valence-corrected chi connectivity index (χ3v) is 4.26. The van der Waals surface area contributed by atoms with Gasteiger partial charge in [-0.1, -0.05) is 12.8 Å². The minimum Gasteiger partial charge on any atom is -0.290 e. The normalized spacial score (nSPS) is 29.1. The Hall–Kier alpha value is 0.400. The maximum atomic E-state index is 11.6. The Bertz CT molecular complexity index is 215. The topological polar surface area (TPSA) is 44.8 Å². The highest BCUT2D eigenvalue weighted by atomic mass is 35.5. The highest BCUT2D eigenvalue weighted by Crippen LogP contribution is 2.50. The summed E-state index contributed by atoms with van der Waals surface area (Å²) in [5.41, 5.74) is 0. The number of alkyl halides is 1. The average Bonchev–Trinajstić information content (AvgIpc) is 2.21. The molecule has 0 aromatic heterocycles. The molecule has 0 saturated heterocycles. The van der Waals surface area contributed by atoms with Gasteiger partial charge in [0, 0.05) is 14.2 Å². The maximum Gasteiger partial charge on any atom is 0.474 e. The summed E-state index contributed by atoms with van der Waals surface area (Å²) in [4.78, 5) is 0. The summed E-state index contributed by atoms with van der Waals surface area (Å²) >= 11 is 6.05. The number of phosphoric ester groups is 1. The molecule has 1 saturated carbocycles. The van der Waals surface area contributed by atoms with Gasteiger partial charge in [0.2, 0.25) is 0 Å². The lowest BCUT2D eigenvalue weighted by atomic mass is 9.97. The fourth-order valence-corrected chi connectivity index (χ4v) is 2.81. The lowest BCUT2D eigenvalue weighted by Gasteiger charge is -2.28. The molecular formula is C8H16ClO4P. The zero-order chi connectivity index (χ0) is 10.6. The Balaban J connectivity index is 2.52. The van der Waals surface area contributed by atoms with Gasteiger partial charge in [-0.15, -0.1) is 11.6 Å². The molecule has 0 amide bonds. The van der Waals surface area contributed by atoms with E-state index in [0.717, 1.165) is 25.7 Å². The van der Waals surface area contributed by atoms with Gasteiger partial charge in [-0.2, -0.15) is 0 Å². The summed E-state index contributed by atoms with van der Waals surface area (Å²) in [7, 11) is -0.768. The van der Waals surface area contributed by atoms with Crippen LogP contribution in [-0.4, -0.2) is 25.7 Å². The fourth-order valence-electron chi connectivity index (χ4n) is 1.50. The predicted octanol–water partition coefficient (Wildman–Crippen LogP) is 2.95. The van der Waals surface area contributed by atoms with E-state index in [0.29, 0.717) is 0 Å². The van der Waals surface area contributed by atoms with Crippen LogP contribution in [0.15, 0.2) is 0 Å². The summed E-state index contributed by atoms with van der Waals surface area (Å²) in [6.07, 6.45) is 3.61. The van der Waals surface area contributed by atoms with Crippen LogP contribution in [0.5, 0.6) is 0 Å². The van der Waals surface area contributed by atoms with Crippen LogP contribution in [0.2, 0.25) is 0 Å². The Morgan fingerprint density at radius 3 is 2.29 bits per heavy atom. The largest absolute Gasteiger partial charge is 0.474 e. The van der Waals surface area contributed by atoms with Crippen molar-refractivity contribution < 1.29 is 18.1 Å². The third-order valence-electron chi connectivity index (χ3n) is 2.33. The Morgan fingerprint density at radius 2 is 1.79 bits per heavy atom. The van der Waals surface area contributed by atoms with Gasteiger partial charge in [0.15, 0.2) is 0 Å². The molecule has 0 heterocycles. The molecule has 2 atom stereocenters. The number of hydrogen-bond donors (Lipinski definition) is 0. The number of rotatable bonds is 4. The first-order chi connectivity index (χ1) is 6.61. The molecular weight excluding hydrogens is 227 g/mol. The van der Waals surface area contributed by atoms with Gasteiger partial charge >= 0.3 is 7.82 Å². The Kier molecular flexibility index (Phi) is 4.88. The smallest absolute Gasteiger partial charge is 0.290 e. The van der Waals surface area contributed by atoms with Gasteiger partial charge in [-0.3, -0.25) is 13.6 Å². The van der Waals surface area contributed by atoms with Crippen molar-refractivity contribution >= 4 is 19.4 Å². The van der Waals surface area contributed by atoms with Crippen LogP contribution in [0.3, 0.4) is 0 Å². The van der Waals surface area contributed by atoms with E-state index in [1.54, 1.807) is 0 Å². The highest BCUT2D eigenvalue weighted by Gasteiger charge is 2.33. The van der Waals surface area contributed by atoms with E-state index in [-0.39, 0.29) is 11.5 Å². The van der Waals surface area contributed by atoms with E-state index in [9.17, 15) is 4.57 Å². The number of halogens is 1. The van der Waals surface area contributed by atoms with Gasteiger partial charge in [0.05, 0.1) is 11.5 Å². The first-order valence-electron chi connectivity index (χ1n) is 4.65. The van der Waals surface area contributed by atoms with Crippen molar-refractivity contribution in [2.24, 2.45) is 0 Å². The monoisotopic (exact) mass is 242 g/mol. The number of phosphoric acid groups is 1. The van der Waals surface area contributed by atoms with Gasteiger partial charge in [-0.05, 0) is 12.8 Å². The Morgan fingerprint density at radius 1 is 1.21 bits per heavy atom. The zero-order valence-electron chi connectivity index (χ0n) is 8.44. The van der Waals surface area contributed by atoms with Gasteiger partial charge in [0.25, 0.3) is 0 Å². The van der Waals surface area contributed by atoms with Crippen LogP contribution in [0.4, 0.5) is 0 Å². The van der Waals surface area contributed by atoms with E-state index < -0.39 is 7.82 Å². The lowest BCUT2D eigenvalue weighted by molar-refractivity contribution is 0.0852. The summed E-state index contributed by atoms with van der Waals surface area (Å²) in [6.45, 7) is 0. The fraction of sp³-hybridized carbons (Fsp3) is 1.00. The van der Waals surface area contributed by atoms with Gasteiger partial charge in [0.1, 0.15) is 0 Å². The van der Waals surface area contributed by atoms with E-state index in [4.69, 9.17) is 25.2 Å². The van der Waals surface area contributed by atoms with Crippen molar-refractivity contribution in [3.8, 4) is 0 Å². The molecule has 1 aliphatic carbocycles. The van der Waals surface area contributed by atoms with Crippen LogP contribution in [0.25, 0.3) is 0 Å². The molecule has 0 aromatic carbocycles. The molecule has 0 bridgehead atoms. The zero-order valence-corrected chi connectivity index (χ0v) is 10.1. The van der Waals surface area contributed by atoms with Gasteiger partial charge < -0.3 is 0 Å². The molecule has 0 aromatic rings. The molecule has 1 rings (SSSR count). The molecule has 0 aliphatic heterocycles. The molecule has 4 nitrogen and oxygen atoms in total. The van der Waals surface area contributed by atoms with Crippen molar-refractivity contribution in [3.63, 3.8) is 0 Å². The summed E-state index contributed by atoms with van der Waals surface area (Å²) in [6, 6.07) is 0. The van der Waals surface area contributed by atoms with Crippen LogP contribution >= 0.6 is 19.4 Å². The van der Waals surface area contributed by atoms with Crippen LogP contribution in [0, 0.1) is 0 Å². The minimum absolute atomic E-state index is 0.0950. The van der Waals surface area contributed by atoms with Crippen LogP contribution in [-0.2, 0) is 18.1 Å². The second-order valence-corrected chi connectivity index (χ2v) is 5.65. The summed E-state index contributed by atoms with van der Waals surface area (Å²) in [5, 5.41) is -0.0950. The van der Waals surface area contributed by atoms with E-state index in [2.05, 4.69) is 0 Å². The van der Waals surface area contributed by atoms with Crippen molar-refractivity contribution in [3.05, 3.63) is 0 Å². The molecule has 0 radical (unpaired) electrons. The van der Waals surface area contributed by atoms with E-state index >= 15 is 0 Å². The second kappa shape index (κ2) is 5.47. The molecule has 6 heteroatoms. The molecule has 84 valence electrons. The highest BCUT2D eigenvalue weighted by molar-refractivity contribution is 7.48. The molecule has 0 N–H and O–H groups in total. The first-order valence-corrected chi connectivity index (χ1v) is 6.55. The molecule has 14 heavy (non-hydrogen) atoms. The SMILES string of the molecule is COP(=O)(OC)OC1CCCCC1Cl. The van der Waals surface area contributed by atoms with Crippen molar-refractivity contribution in [1.29, 1.82) is 0 Å². The van der Waals surface area contributed by atoms with Crippen LogP contribution < -0.4 is 0 Å². The standard InChI is InChI=1S/C8H16ClO4P/c1-11-14(10,12-2)13-8-6-4-3-5-7(8)9/h7-8H,3-6H2,1-2H3. The van der Waals surface area contributed by atoms with Crippen molar-refractivity contribution in [2.75, 3.05) is 14.2 Å². The summed E-state index contributed by atoms with van der Waals surface area (Å²) in [5.74, 6) is 0. The minimum atomic E-state index is -3.37. The van der Waals surface area contributed by atoms with Crippen molar-refractivity contribution in [1.82, 2.24) is 0 Å². The second-order valence-electron chi connectivity index (χ2n) is 3.26. The number of hydrogen-bond acceptors (Lipinski definition) is 4. The summed E-state index contributed by atoms with van der Waals surface area (Å²) < 4.78 is 26.3. The van der Waals surface area contributed by atoms with E-state index in [1.165, 1.54) is 14.2 Å². The maximum absolute atomic E-state index is 11.6. The molecule has 2 unspecified atom stereocenters. The molecule has 1 fully saturated rings. The van der Waals surface area contributed by atoms with Crippen molar-refractivity contribution in [2.45, 2.75) is 37.2 Å². The quantitative estimate of drug-likeness (QED) is 0.562. The van der Waals surface area contributed by atoms with Crippen LogP contribution in [0.1, 0.15) is 25.7 Å². The molecule has 0 spiro atoms.